The fourth-order valence-corrected chi connectivity index (χ4v) is 2.95. The Bertz CT molecular complexity index is 827. The summed E-state index contributed by atoms with van der Waals surface area (Å²) < 4.78 is 1.93. The standard InChI is InChI=1S/C14H13N5OS/c1-9-8-10(5-6-11(9)13(15)18-20)21-14-17-16-12-4-2-3-7-19(12)14/h2-8,20H,1H3,(H2,15,18). The van der Waals surface area contributed by atoms with Crippen molar-refractivity contribution in [2.75, 3.05) is 0 Å². The molecule has 3 aromatic rings. The first-order valence-corrected chi connectivity index (χ1v) is 7.07. The van der Waals surface area contributed by atoms with Gasteiger partial charge >= 0.3 is 0 Å². The topological polar surface area (TPSA) is 88.8 Å². The fourth-order valence-electron chi connectivity index (χ4n) is 2.04. The summed E-state index contributed by atoms with van der Waals surface area (Å²) in [6.07, 6.45) is 1.93. The van der Waals surface area contributed by atoms with Gasteiger partial charge in [0.2, 0.25) is 0 Å². The highest BCUT2D eigenvalue weighted by atomic mass is 32.2. The average molecular weight is 299 g/mol. The summed E-state index contributed by atoms with van der Waals surface area (Å²) in [5.74, 6) is 0.108. The quantitative estimate of drug-likeness (QED) is 0.335. The minimum absolute atomic E-state index is 0.108. The van der Waals surface area contributed by atoms with Gasteiger partial charge in [-0.2, -0.15) is 0 Å². The molecule has 21 heavy (non-hydrogen) atoms. The molecule has 0 fully saturated rings. The van der Waals surface area contributed by atoms with Crippen LogP contribution in [0.4, 0.5) is 0 Å². The zero-order valence-corrected chi connectivity index (χ0v) is 12.1. The van der Waals surface area contributed by atoms with E-state index in [-0.39, 0.29) is 5.84 Å². The normalized spacial score (nSPS) is 12.0. The van der Waals surface area contributed by atoms with Gasteiger partial charge in [0.05, 0.1) is 0 Å². The van der Waals surface area contributed by atoms with Crippen molar-refractivity contribution in [1.82, 2.24) is 14.6 Å². The summed E-state index contributed by atoms with van der Waals surface area (Å²) in [6.45, 7) is 1.92. The van der Waals surface area contributed by atoms with Gasteiger partial charge in [-0.15, -0.1) is 10.2 Å². The lowest BCUT2D eigenvalue weighted by atomic mass is 10.1. The van der Waals surface area contributed by atoms with Crippen LogP contribution in [0.25, 0.3) is 5.65 Å². The van der Waals surface area contributed by atoms with E-state index in [2.05, 4.69) is 15.4 Å². The Labute approximate surface area is 125 Å². The maximum Gasteiger partial charge on any atom is 0.200 e. The van der Waals surface area contributed by atoms with Gasteiger partial charge in [-0.3, -0.25) is 4.40 Å². The van der Waals surface area contributed by atoms with Crippen molar-refractivity contribution in [2.24, 2.45) is 10.9 Å². The molecule has 0 aliphatic heterocycles. The molecule has 2 heterocycles. The Hall–Kier alpha value is -2.54. The van der Waals surface area contributed by atoms with Gasteiger partial charge in [0, 0.05) is 16.7 Å². The number of pyridine rings is 1. The lowest BCUT2D eigenvalue weighted by molar-refractivity contribution is 0.318. The molecule has 0 saturated carbocycles. The van der Waals surface area contributed by atoms with Gasteiger partial charge in [-0.25, -0.2) is 0 Å². The Balaban J connectivity index is 1.94. The van der Waals surface area contributed by atoms with Crippen LogP contribution in [0.5, 0.6) is 0 Å². The summed E-state index contributed by atoms with van der Waals surface area (Å²) >= 11 is 1.51. The lowest BCUT2D eigenvalue weighted by Crippen LogP contribution is -2.14. The molecular weight excluding hydrogens is 286 g/mol. The molecule has 3 N–H and O–H groups in total. The Morgan fingerprint density at radius 1 is 1.29 bits per heavy atom. The molecule has 3 rings (SSSR count). The summed E-state index contributed by atoms with van der Waals surface area (Å²) in [6, 6.07) is 11.5. The molecule has 0 aliphatic rings. The minimum atomic E-state index is 0.108. The van der Waals surface area contributed by atoms with Crippen molar-refractivity contribution in [3.63, 3.8) is 0 Å². The first-order chi connectivity index (χ1) is 10.2. The Morgan fingerprint density at radius 2 is 2.14 bits per heavy atom. The number of nitrogens with two attached hydrogens (primary N) is 1. The van der Waals surface area contributed by atoms with Crippen LogP contribution in [0.1, 0.15) is 11.1 Å². The fraction of sp³-hybridized carbons (Fsp3) is 0.0714. The van der Waals surface area contributed by atoms with Crippen LogP contribution in [0.3, 0.4) is 0 Å². The molecule has 0 atom stereocenters. The summed E-state index contributed by atoms with van der Waals surface area (Å²) in [4.78, 5) is 1.01. The van der Waals surface area contributed by atoms with Gasteiger partial charge in [-0.05, 0) is 54.6 Å². The zero-order valence-electron chi connectivity index (χ0n) is 11.3. The van der Waals surface area contributed by atoms with Crippen LogP contribution in [-0.4, -0.2) is 25.6 Å². The smallest absolute Gasteiger partial charge is 0.200 e. The van der Waals surface area contributed by atoms with Crippen molar-refractivity contribution in [3.05, 3.63) is 53.7 Å². The van der Waals surface area contributed by atoms with Crippen LogP contribution < -0.4 is 5.73 Å². The third kappa shape index (κ3) is 2.55. The van der Waals surface area contributed by atoms with Crippen LogP contribution in [0, 0.1) is 6.92 Å². The molecular formula is C14H13N5OS. The van der Waals surface area contributed by atoms with E-state index < -0.39 is 0 Å². The van der Waals surface area contributed by atoms with E-state index in [1.165, 1.54) is 11.8 Å². The molecule has 2 aromatic heterocycles. The highest BCUT2D eigenvalue weighted by Crippen LogP contribution is 2.28. The van der Waals surface area contributed by atoms with Crippen molar-refractivity contribution < 1.29 is 5.21 Å². The first-order valence-electron chi connectivity index (χ1n) is 6.25. The number of hydrogen-bond acceptors (Lipinski definition) is 5. The number of rotatable bonds is 3. The predicted octanol–water partition coefficient (Wildman–Crippen LogP) is 2.28. The summed E-state index contributed by atoms with van der Waals surface area (Å²) in [5.41, 5.74) is 8.08. The second-order valence-corrected chi connectivity index (χ2v) is 5.52. The van der Waals surface area contributed by atoms with Gasteiger partial charge < -0.3 is 10.9 Å². The molecule has 0 radical (unpaired) electrons. The van der Waals surface area contributed by atoms with Gasteiger partial charge in [-0.1, -0.05) is 11.2 Å². The number of nitrogens with zero attached hydrogens (tertiary/aromatic N) is 4. The lowest BCUT2D eigenvalue weighted by Gasteiger charge is -2.06. The average Bonchev–Trinajstić information content (AvgIpc) is 2.90. The Kier molecular flexibility index (Phi) is 3.49. The van der Waals surface area contributed by atoms with Gasteiger partial charge in [0.1, 0.15) is 0 Å². The summed E-state index contributed by atoms with van der Waals surface area (Å²) in [5, 5.41) is 20.9. The number of aryl methyl sites for hydroxylation is 1. The predicted molar refractivity (Wildman–Crippen MR) is 80.8 cm³/mol. The van der Waals surface area contributed by atoms with E-state index >= 15 is 0 Å². The number of amidine groups is 1. The van der Waals surface area contributed by atoms with E-state index in [0.717, 1.165) is 21.3 Å². The van der Waals surface area contributed by atoms with E-state index in [1.54, 1.807) is 0 Å². The number of hydrogen-bond donors (Lipinski definition) is 2. The van der Waals surface area contributed by atoms with E-state index in [4.69, 9.17) is 10.9 Å². The van der Waals surface area contributed by atoms with Crippen molar-refractivity contribution in [2.45, 2.75) is 17.0 Å². The first kappa shape index (κ1) is 13.4. The second-order valence-electron chi connectivity index (χ2n) is 4.48. The van der Waals surface area contributed by atoms with Crippen molar-refractivity contribution in [3.8, 4) is 0 Å². The molecule has 0 unspecified atom stereocenters. The van der Waals surface area contributed by atoms with Crippen molar-refractivity contribution >= 4 is 23.2 Å². The number of fused-ring (bicyclic) bond motifs is 1. The second kappa shape index (κ2) is 5.45. The molecule has 0 spiro atoms. The zero-order chi connectivity index (χ0) is 14.8. The monoisotopic (exact) mass is 299 g/mol. The molecule has 0 amide bonds. The highest BCUT2D eigenvalue weighted by Gasteiger charge is 2.09. The minimum Gasteiger partial charge on any atom is -0.409 e. The molecule has 7 heteroatoms. The third-order valence-corrected chi connectivity index (χ3v) is 4.02. The third-order valence-electron chi connectivity index (χ3n) is 3.07. The largest absolute Gasteiger partial charge is 0.409 e. The highest BCUT2D eigenvalue weighted by molar-refractivity contribution is 7.99. The van der Waals surface area contributed by atoms with Crippen LogP contribution >= 0.6 is 11.8 Å². The molecule has 0 aliphatic carbocycles. The van der Waals surface area contributed by atoms with Gasteiger partial charge in [0.25, 0.3) is 0 Å². The SMILES string of the molecule is Cc1cc(Sc2nnc3ccccn23)ccc1/C(N)=N/O. The maximum absolute atomic E-state index is 8.74. The van der Waals surface area contributed by atoms with Crippen LogP contribution in [-0.2, 0) is 0 Å². The molecule has 0 bridgehead atoms. The van der Waals surface area contributed by atoms with E-state index in [1.807, 2.05) is 53.9 Å². The van der Waals surface area contributed by atoms with E-state index in [0.29, 0.717) is 5.56 Å². The van der Waals surface area contributed by atoms with Crippen molar-refractivity contribution in [1.29, 1.82) is 0 Å². The number of oxime groups is 1. The van der Waals surface area contributed by atoms with E-state index in [9.17, 15) is 0 Å². The number of benzene rings is 1. The maximum atomic E-state index is 8.74. The molecule has 6 nitrogen and oxygen atoms in total. The Morgan fingerprint density at radius 3 is 2.90 bits per heavy atom. The van der Waals surface area contributed by atoms with Crippen LogP contribution in [0.2, 0.25) is 0 Å². The van der Waals surface area contributed by atoms with Crippen LogP contribution in [0.15, 0.2) is 57.8 Å². The summed E-state index contributed by atoms with van der Waals surface area (Å²) in [7, 11) is 0. The molecule has 1 aromatic carbocycles. The van der Waals surface area contributed by atoms with Gasteiger partial charge in [0.15, 0.2) is 16.6 Å². The molecule has 106 valence electrons. The molecule has 0 saturated heterocycles. The number of aromatic nitrogens is 3.